The molecular weight excluding hydrogens is 520 g/mol. The largest absolute Gasteiger partial charge is 0.477 e. The number of carbonyl (C=O) groups excluding carboxylic acids is 1. The monoisotopic (exact) mass is 548 g/mol. The summed E-state index contributed by atoms with van der Waals surface area (Å²) in [5.41, 5.74) is 0.989. The van der Waals surface area contributed by atoms with Crippen molar-refractivity contribution in [3.8, 4) is 5.13 Å². The summed E-state index contributed by atoms with van der Waals surface area (Å²) in [5, 5.41) is 17.8. The van der Waals surface area contributed by atoms with Gasteiger partial charge in [0.2, 0.25) is 16.5 Å². The van der Waals surface area contributed by atoms with Gasteiger partial charge in [0.25, 0.3) is 0 Å². The van der Waals surface area contributed by atoms with Crippen LogP contribution in [0.2, 0.25) is 0 Å². The fourth-order valence-electron chi connectivity index (χ4n) is 4.84. The molecular formula is C26H28N8O4S. The molecule has 12 nitrogen and oxygen atoms in total. The number of carboxylic acids is 1. The number of anilines is 2. The topological polar surface area (TPSA) is 148 Å². The van der Waals surface area contributed by atoms with E-state index in [1.807, 2.05) is 22.6 Å². The lowest BCUT2D eigenvalue weighted by Gasteiger charge is -2.39. The van der Waals surface area contributed by atoms with Crippen molar-refractivity contribution < 1.29 is 14.7 Å². The SMILES string of the molecule is CCCn1nc(NC(=O)C2CN(c3cc(C)c4c(=O)c(C(=O)O)cn(-c5nc(C6CC6)ns5)c4n3)C2)cc1C. The van der Waals surface area contributed by atoms with Crippen molar-refractivity contribution in [2.45, 2.75) is 52.5 Å². The van der Waals surface area contributed by atoms with E-state index in [9.17, 15) is 19.5 Å². The molecule has 2 fully saturated rings. The lowest BCUT2D eigenvalue weighted by Crippen LogP contribution is -2.52. The summed E-state index contributed by atoms with van der Waals surface area (Å²) in [6, 6.07) is 3.63. The van der Waals surface area contributed by atoms with Gasteiger partial charge in [0.15, 0.2) is 11.5 Å². The number of hydrogen-bond donors (Lipinski definition) is 2. The van der Waals surface area contributed by atoms with E-state index in [0.29, 0.717) is 47.0 Å². The van der Waals surface area contributed by atoms with Crippen LogP contribution in [-0.4, -0.2) is 58.8 Å². The summed E-state index contributed by atoms with van der Waals surface area (Å²) >= 11 is 1.16. The van der Waals surface area contributed by atoms with Crippen LogP contribution in [0.4, 0.5) is 11.6 Å². The van der Waals surface area contributed by atoms with Gasteiger partial charge in [0, 0.05) is 55.0 Å². The predicted octanol–water partition coefficient (Wildman–Crippen LogP) is 3.11. The Hall–Kier alpha value is -4.13. The zero-order chi connectivity index (χ0) is 27.4. The van der Waals surface area contributed by atoms with Crippen molar-refractivity contribution in [2.75, 3.05) is 23.3 Å². The summed E-state index contributed by atoms with van der Waals surface area (Å²) in [5.74, 6) is 0.573. The molecule has 0 unspecified atom stereocenters. The van der Waals surface area contributed by atoms with E-state index >= 15 is 0 Å². The third-order valence-electron chi connectivity index (χ3n) is 7.20. The van der Waals surface area contributed by atoms with Crippen LogP contribution in [0, 0.1) is 19.8 Å². The van der Waals surface area contributed by atoms with Gasteiger partial charge in [-0.2, -0.15) is 9.47 Å². The van der Waals surface area contributed by atoms with Gasteiger partial charge < -0.3 is 15.3 Å². The molecule has 13 heteroatoms. The van der Waals surface area contributed by atoms with Gasteiger partial charge >= 0.3 is 5.97 Å². The van der Waals surface area contributed by atoms with E-state index < -0.39 is 11.4 Å². The molecule has 1 saturated carbocycles. The zero-order valence-electron chi connectivity index (χ0n) is 21.8. The summed E-state index contributed by atoms with van der Waals surface area (Å²) in [7, 11) is 0. The molecule has 1 aliphatic heterocycles. The number of aryl methyl sites for hydroxylation is 3. The van der Waals surface area contributed by atoms with E-state index in [0.717, 1.165) is 48.9 Å². The maximum absolute atomic E-state index is 13.1. The molecule has 202 valence electrons. The third kappa shape index (κ3) is 4.56. The van der Waals surface area contributed by atoms with Crippen molar-refractivity contribution in [3.63, 3.8) is 0 Å². The number of nitrogens with zero attached hydrogens (tertiary/aromatic N) is 7. The van der Waals surface area contributed by atoms with Crippen molar-refractivity contribution in [1.29, 1.82) is 0 Å². The molecule has 0 spiro atoms. The van der Waals surface area contributed by atoms with Crippen molar-refractivity contribution >= 4 is 46.1 Å². The number of fused-ring (bicyclic) bond motifs is 1. The number of carboxylic acid groups (broad SMARTS) is 1. The summed E-state index contributed by atoms with van der Waals surface area (Å²) in [6.07, 6.45) is 4.31. The van der Waals surface area contributed by atoms with Gasteiger partial charge in [-0.05, 0) is 44.7 Å². The standard InChI is InChI=1S/C26H28N8O4S/c1-4-7-34-14(3)9-18(30-34)27-24(36)16-10-32(11-16)19-8-13(2)20-21(35)17(25(37)38)12-33(23(20)28-19)26-29-22(31-39-26)15-5-6-15/h8-9,12,15-16H,4-7,10-11H2,1-3H3,(H,37,38)(H,27,30,36). The number of pyridine rings is 2. The summed E-state index contributed by atoms with van der Waals surface area (Å²) < 4.78 is 7.88. The molecule has 0 radical (unpaired) electrons. The quantitative estimate of drug-likeness (QED) is 0.339. The molecule has 1 saturated heterocycles. The van der Waals surface area contributed by atoms with E-state index in [1.54, 1.807) is 17.6 Å². The molecule has 0 aromatic carbocycles. The predicted molar refractivity (Wildman–Crippen MR) is 146 cm³/mol. The summed E-state index contributed by atoms with van der Waals surface area (Å²) in [6.45, 7) is 7.52. The first-order valence-corrected chi connectivity index (χ1v) is 13.7. The molecule has 1 amide bonds. The van der Waals surface area contributed by atoms with Crippen LogP contribution in [0.25, 0.3) is 16.2 Å². The molecule has 0 bridgehead atoms. The highest BCUT2D eigenvalue weighted by atomic mass is 32.1. The van der Waals surface area contributed by atoms with Crippen molar-refractivity contribution in [1.82, 2.24) is 28.7 Å². The Bertz CT molecular complexity index is 1680. The molecule has 2 N–H and O–H groups in total. The highest BCUT2D eigenvalue weighted by molar-refractivity contribution is 7.08. The van der Waals surface area contributed by atoms with Crippen LogP contribution < -0.4 is 15.6 Å². The minimum atomic E-state index is -1.31. The maximum Gasteiger partial charge on any atom is 0.341 e. The van der Waals surface area contributed by atoms with Gasteiger partial charge in [-0.1, -0.05) is 6.92 Å². The van der Waals surface area contributed by atoms with Crippen LogP contribution in [-0.2, 0) is 11.3 Å². The van der Waals surface area contributed by atoms with E-state index in [4.69, 9.17) is 4.98 Å². The lowest BCUT2D eigenvalue weighted by molar-refractivity contribution is -0.120. The number of rotatable bonds is 8. The van der Waals surface area contributed by atoms with Crippen molar-refractivity contribution in [3.05, 3.63) is 51.2 Å². The normalized spacial score (nSPS) is 15.5. The van der Waals surface area contributed by atoms with Crippen LogP contribution in [0.5, 0.6) is 0 Å². The van der Waals surface area contributed by atoms with E-state index in [2.05, 4.69) is 26.7 Å². The average Bonchev–Trinajstić information content (AvgIpc) is 3.49. The fraction of sp³-hybridized carbons (Fsp3) is 0.423. The minimum absolute atomic E-state index is 0.102. The summed E-state index contributed by atoms with van der Waals surface area (Å²) in [4.78, 5) is 49.2. The molecule has 39 heavy (non-hydrogen) atoms. The molecule has 0 atom stereocenters. The van der Waals surface area contributed by atoms with Gasteiger partial charge in [0.1, 0.15) is 17.2 Å². The molecule has 5 heterocycles. The zero-order valence-corrected chi connectivity index (χ0v) is 22.7. The Balaban J connectivity index is 1.28. The fourth-order valence-corrected chi connectivity index (χ4v) is 5.56. The number of hydrogen-bond acceptors (Lipinski definition) is 9. The Morgan fingerprint density at radius 1 is 1.18 bits per heavy atom. The van der Waals surface area contributed by atoms with Crippen LogP contribution >= 0.6 is 11.5 Å². The molecule has 2 aliphatic rings. The third-order valence-corrected chi connectivity index (χ3v) is 7.93. The minimum Gasteiger partial charge on any atom is -0.477 e. The number of aromatic nitrogens is 6. The van der Waals surface area contributed by atoms with Crippen molar-refractivity contribution in [2.24, 2.45) is 5.92 Å². The Morgan fingerprint density at radius 2 is 1.95 bits per heavy atom. The second kappa shape index (κ2) is 9.56. The number of amides is 1. The first-order valence-electron chi connectivity index (χ1n) is 13.0. The highest BCUT2D eigenvalue weighted by Gasteiger charge is 2.35. The highest BCUT2D eigenvalue weighted by Crippen LogP contribution is 2.39. The second-order valence-electron chi connectivity index (χ2n) is 10.2. The van der Waals surface area contributed by atoms with E-state index in [1.165, 1.54) is 6.20 Å². The van der Waals surface area contributed by atoms with Gasteiger partial charge in [-0.15, -0.1) is 0 Å². The first-order chi connectivity index (χ1) is 18.7. The van der Waals surface area contributed by atoms with Crippen LogP contribution in [0.3, 0.4) is 0 Å². The Morgan fingerprint density at radius 3 is 2.64 bits per heavy atom. The first kappa shape index (κ1) is 25.2. The van der Waals surface area contributed by atoms with Gasteiger partial charge in [-0.3, -0.25) is 18.8 Å². The average molecular weight is 549 g/mol. The van der Waals surface area contributed by atoms with Crippen LogP contribution in [0.1, 0.15) is 59.5 Å². The van der Waals surface area contributed by atoms with Crippen LogP contribution in [0.15, 0.2) is 23.1 Å². The second-order valence-corrected chi connectivity index (χ2v) is 11.0. The maximum atomic E-state index is 13.1. The number of nitrogens with one attached hydrogen (secondary N) is 1. The smallest absolute Gasteiger partial charge is 0.341 e. The Labute approximate surface area is 227 Å². The van der Waals surface area contributed by atoms with E-state index in [-0.39, 0.29) is 22.8 Å². The molecule has 1 aliphatic carbocycles. The molecule has 4 aromatic rings. The Kier molecular flexibility index (Phi) is 6.17. The molecule has 4 aromatic heterocycles. The molecule has 6 rings (SSSR count). The lowest BCUT2D eigenvalue weighted by atomic mass is 9.98. The van der Waals surface area contributed by atoms with Gasteiger partial charge in [0.05, 0.1) is 11.3 Å². The van der Waals surface area contributed by atoms with Gasteiger partial charge in [-0.25, -0.2) is 14.8 Å². The number of aromatic carboxylic acids is 1. The number of carbonyl (C=O) groups is 2.